The number of nitrogens with zero attached hydrogens (tertiary/aromatic N) is 2. The van der Waals surface area contributed by atoms with Crippen LogP contribution in [0.5, 0.6) is 0 Å². The number of nitrogens with one attached hydrogen (secondary N) is 1. The number of carbonyl (C=O) groups is 2. The molecule has 0 radical (unpaired) electrons. The molecule has 0 aliphatic heterocycles. The average molecular weight is 514 g/mol. The van der Waals surface area contributed by atoms with E-state index in [-0.39, 0.29) is 25.0 Å². The zero-order valence-corrected chi connectivity index (χ0v) is 22.7. The molecule has 196 valence electrons. The number of sulfonamides is 1. The maximum absolute atomic E-state index is 13.8. The number of benzene rings is 2. The molecular weight excluding hydrogens is 474 g/mol. The van der Waals surface area contributed by atoms with Crippen molar-refractivity contribution in [1.82, 2.24) is 10.2 Å². The minimum atomic E-state index is -3.75. The Morgan fingerprint density at radius 2 is 1.69 bits per heavy atom. The maximum atomic E-state index is 13.8. The van der Waals surface area contributed by atoms with Crippen LogP contribution in [-0.2, 0) is 26.2 Å². The van der Waals surface area contributed by atoms with Crippen molar-refractivity contribution >= 4 is 27.5 Å². The van der Waals surface area contributed by atoms with Crippen molar-refractivity contribution in [2.45, 2.75) is 77.9 Å². The highest BCUT2D eigenvalue weighted by Gasteiger charge is 2.33. The normalized spacial score (nSPS) is 15.2. The fraction of sp³-hybridized carbons (Fsp3) is 0.500. The van der Waals surface area contributed by atoms with Crippen molar-refractivity contribution in [3.63, 3.8) is 0 Å². The van der Waals surface area contributed by atoms with E-state index in [2.05, 4.69) is 5.32 Å². The molecule has 0 bridgehead atoms. The van der Waals surface area contributed by atoms with Crippen LogP contribution in [0.1, 0.15) is 62.1 Å². The van der Waals surface area contributed by atoms with Crippen molar-refractivity contribution < 1.29 is 18.0 Å². The molecule has 1 fully saturated rings. The summed E-state index contributed by atoms with van der Waals surface area (Å²) in [7, 11) is -3.75. The van der Waals surface area contributed by atoms with Gasteiger partial charge in [-0.05, 0) is 55.9 Å². The van der Waals surface area contributed by atoms with Crippen LogP contribution in [0.2, 0.25) is 0 Å². The van der Waals surface area contributed by atoms with Crippen LogP contribution in [0, 0.1) is 13.8 Å². The SMILES string of the molecule is CC[C@@H](C(=O)NC1CCCCC1)N(Cc1ccccc1)C(=O)CN(c1cc(C)ccc1C)S(C)(=O)=O. The van der Waals surface area contributed by atoms with Crippen LogP contribution in [0.15, 0.2) is 48.5 Å². The molecule has 36 heavy (non-hydrogen) atoms. The van der Waals surface area contributed by atoms with Gasteiger partial charge in [0.05, 0.1) is 11.9 Å². The second kappa shape index (κ2) is 12.4. The van der Waals surface area contributed by atoms with Gasteiger partial charge in [0.2, 0.25) is 21.8 Å². The molecule has 1 aliphatic carbocycles. The second-order valence-electron chi connectivity index (χ2n) is 9.83. The van der Waals surface area contributed by atoms with E-state index in [1.54, 1.807) is 6.07 Å². The first-order valence-electron chi connectivity index (χ1n) is 12.8. The molecule has 0 heterocycles. The molecule has 7 nitrogen and oxygen atoms in total. The lowest BCUT2D eigenvalue weighted by Crippen LogP contribution is -2.54. The Labute approximate surface area is 215 Å². The fourth-order valence-electron chi connectivity index (χ4n) is 4.83. The van der Waals surface area contributed by atoms with Gasteiger partial charge < -0.3 is 10.2 Å². The molecule has 2 aromatic rings. The Morgan fingerprint density at radius 3 is 2.31 bits per heavy atom. The van der Waals surface area contributed by atoms with E-state index in [0.29, 0.717) is 12.1 Å². The number of carbonyl (C=O) groups excluding carboxylic acids is 2. The van der Waals surface area contributed by atoms with Gasteiger partial charge in [0.25, 0.3) is 0 Å². The lowest BCUT2D eigenvalue weighted by molar-refractivity contribution is -0.140. The molecule has 0 unspecified atom stereocenters. The molecular formula is C28H39N3O4S. The minimum absolute atomic E-state index is 0.122. The third-order valence-electron chi connectivity index (χ3n) is 6.85. The van der Waals surface area contributed by atoms with Crippen LogP contribution >= 0.6 is 0 Å². The Hall–Kier alpha value is -2.87. The van der Waals surface area contributed by atoms with Gasteiger partial charge >= 0.3 is 0 Å². The molecule has 2 aromatic carbocycles. The van der Waals surface area contributed by atoms with Gasteiger partial charge in [-0.2, -0.15) is 0 Å². The van der Waals surface area contributed by atoms with Crippen molar-refractivity contribution in [3.8, 4) is 0 Å². The molecule has 8 heteroatoms. The van der Waals surface area contributed by atoms with Gasteiger partial charge in [0.1, 0.15) is 12.6 Å². The van der Waals surface area contributed by atoms with E-state index in [4.69, 9.17) is 0 Å². The number of aryl methyl sites for hydroxylation is 2. The summed E-state index contributed by atoms with van der Waals surface area (Å²) >= 11 is 0. The molecule has 0 saturated heterocycles. The van der Waals surface area contributed by atoms with Gasteiger partial charge in [-0.3, -0.25) is 13.9 Å². The Bertz CT molecular complexity index is 1140. The van der Waals surface area contributed by atoms with E-state index in [1.807, 2.05) is 63.2 Å². The number of hydrogen-bond acceptors (Lipinski definition) is 4. The van der Waals surface area contributed by atoms with Gasteiger partial charge in [0.15, 0.2) is 0 Å². The zero-order chi connectivity index (χ0) is 26.3. The molecule has 2 amide bonds. The molecule has 1 atom stereocenters. The van der Waals surface area contributed by atoms with E-state index < -0.39 is 22.0 Å². The van der Waals surface area contributed by atoms with Crippen LogP contribution in [0.4, 0.5) is 5.69 Å². The van der Waals surface area contributed by atoms with E-state index in [9.17, 15) is 18.0 Å². The summed E-state index contributed by atoms with van der Waals surface area (Å²) in [6.07, 6.45) is 6.80. The lowest BCUT2D eigenvalue weighted by Gasteiger charge is -2.34. The Balaban J connectivity index is 1.92. The summed E-state index contributed by atoms with van der Waals surface area (Å²) in [4.78, 5) is 28.7. The van der Waals surface area contributed by atoms with Gasteiger partial charge in [-0.25, -0.2) is 8.42 Å². The highest BCUT2D eigenvalue weighted by Crippen LogP contribution is 2.25. The number of anilines is 1. The summed E-state index contributed by atoms with van der Waals surface area (Å²) in [6, 6.07) is 14.5. The Morgan fingerprint density at radius 1 is 1.03 bits per heavy atom. The largest absolute Gasteiger partial charge is 0.352 e. The fourth-order valence-corrected chi connectivity index (χ4v) is 5.73. The Kier molecular flexibility index (Phi) is 9.54. The highest BCUT2D eigenvalue weighted by molar-refractivity contribution is 7.92. The van der Waals surface area contributed by atoms with Crippen molar-refractivity contribution in [2.24, 2.45) is 0 Å². The predicted molar refractivity (Wildman–Crippen MR) is 144 cm³/mol. The number of amides is 2. The van der Waals surface area contributed by atoms with E-state index in [1.165, 1.54) is 11.3 Å². The standard InChI is InChI=1S/C28H39N3O4S/c1-5-25(28(33)29-24-14-10-7-11-15-24)30(19-23-12-8-6-9-13-23)27(32)20-31(36(4,34)35)26-18-21(2)16-17-22(26)3/h6,8-9,12-13,16-18,24-25H,5,7,10-11,14-15,19-20H2,1-4H3,(H,29,33)/t25-/m0/s1. The topological polar surface area (TPSA) is 86.8 Å². The summed E-state index contributed by atoms with van der Waals surface area (Å²) in [5.41, 5.74) is 3.02. The van der Waals surface area contributed by atoms with Crippen LogP contribution in [0.3, 0.4) is 0 Å². The highest BCUT2D eigenvalue weighted by atomic mass is 32.2. The smallest absolute Gasteiger partial charge is 0.244 e. The van der Waals surface area contributed by atoms with E-state index >= 15 is 0 Å². The van der Waals surface area contributed by atoms with Crippen molar-refractivity contribution in [1.29, 1.82) is 0 Å². The lowest BCUT2D eigenvalue weighted by atomic mass is 9.95. The maximum Gasteiger partial charge on any atom is 0.244 e. The van der Waals surface area contributed by atoms with Gasteiger partial charge in [-0.15, -0.1) is 0 Å². The van der Waals surface area contributed by atoms with E-state index in [0.717, 1.165) is 52.9 Å². The first kappa shape index (κ1) is 27.7. The quantitative estimate of drug-likeness (QED) is 0.512. The van der Waals surface area contributed by atoms with Gasteiger partial charge in [0, 0.05) is 12.6 Å². The summed E-state index contributed by atoms with van der Waals surface area (Å²) < 4.78 is 26.8. The molecule has 1 aliphatic rings. The van der Waals surface area contributed by atoms with Crippen LogP contribution in [-0.4, -0.2) is 50.0 Å². The molecule has 0 spiro atoms. The summed E-state index contributed by atoms with van der Waals surface area (Å²) in [5.74, 6) is -0.581. The molecule has 0 aromatic heterocycles. The number of hydrogen-bond donors (Lipinski definition) is 1. The van der Waals surface area contributed by atoms with Crippen LogP contribution < -0.4 is 9.62 Å². The second-order valence-corrected chi connectivity index (χ2v) is 11.7. The third-order valence-corrected chi connectivity index (χ3v) is 7.97. The minimum Gasteiger partial charge on any atom is -0.352 e. The molecule has 3 rings (SSSR count). The first-order chi connectivity index (χ1) is 17.1. The first-order valence-corrected chi connectivity index (χ1v) is 14.6. The predicted octanol–water partition coefficient (Wildman–Crippen LogP) is 4.33. The summed E-state index contributed by atoms with van der Waals surface area (Å²) in [5, 5.41) is 3.16. The van der Waals surface area contributed by atoms with Crippen molar-refractivity contribution in [2.75, 3.05) is 17.1 Å². The average Bonchev–Trinajstić information content (AvgIpc) is 2.84. The summed E-state index contributed by atoms with van der Waals surface area (Å²) in [6.45, 7) is 5.44. The third kappa shape index (κ3) is 7.32. The van der Waals surface area contributed by atoms with Crippen molar-refractivity contribution in [3.05, 3.63) is 65.2 Å². The monoisotopic (exact) mass is 513 g/mol. The van der Waals surface area contributed by atoms with Crippen LogP contribution in [0.25, 0.3) is 0 Å². The van der Waals surface area contributed by atoms with Gasteiger partial charge in [-0.1, -0.05) is 68.7 Å². The molecule has 1 saturated carbocycles. The molecule has 1 N–H and O–H groups in total. The zero-order valence-electron chi connectivity index (χ0n) is 21.9. The number of rotatable bonds is 10.